The smallest absolute Gasteiger partial charge is 0.261 e. The van der Waals surface area contributed by atoms with E-state index in [1.807, 2.05) is 31.2 Å². The number of fused-ring (bicyclic) bond motifs is 1. The molecule has 1 aliphatic carbocycles. The van der Waals surface area contributed by atoms with Crippen molar-refractivity contribution in [1.82, 2.24) is 5.32 Å². The van der Waals surface area contributed by atoms with E-state index >= 15 is 0 Å². The van der Waals surface area contributed by atoms with Gasteiger partial charge in [-0.3, -0.25) is 4.79 Å². The van der Waals surface area contributed by atoms with E-state index in [0.717, 1.165) is 31.6 Å². The van der Waals surface area contributed by atoms with Crippen molar-refractivity contribution in [2.24, 2.45) is 0 Å². The molecule has 2 aromatic carbocycles. The first-order valence-electron chi connectivity index (χ1n) is 10.5. The summed E-state index contributed by atoms with van der Waals surface area (Å²) in [7, 11) is 2.07. The number of hydrogen-bond acceptors (Lipinski definition) is 3. The van der Waals surface area contributed by atoms with E-state index < -0.39 is 6.10 Å². The van der Waals surface area contributed by atoms with Crippen LogP contribution in [0.5, 0.6) is 5.75 Å². The Kier molecular flexibility index (Phi) is 7.35. The Labute approximate surface area is 168 Å². The maximum atomic E-state index is 12.5. The van der Waals surface area contributed by atoms with Gasteiger partial charge in [-0.25, -0.2) is 0 Å². The highest BCUT2D eigenvalue weighted by Gasteiger charge is 2.19. The van der Waals surface area contributed by atoms with Gasteiger partial charge in [0.1, 0.15) is 5.75 Å². The second-order valence-electron chi connectivity index (χ2n) is 7.55. The van der Waals surface area contributed by atoms with Crippen LogP contribution in [0.1, 0.15) is 43.7 Å². The molecule has 1 atom stereocenters. The standard InChI is InChI=1S/C24H32N2O2/c1-3-23(28-22-15-14-19-10-7-8-11-20(19)18-22)24(27)25-16-9-17-26(2)21-12-5-4-6-13-21/h4-6,12-15,18,23H,3,7-11,16-17H2,1-2H3,(H,25,27). The van der Waals surface area contributed by atoms with Crippen molar-refractivity contribution >= 4 is 11.6 Å². The predicted molar refractivity (Wildman–Crippen MR) is 115 cm³/mol. The summed E-state index contributed by atoms with van der Waals surface area (Å²) < 4.78 is 6.02. The third-order valence-corrected chi connectivity index (χ3v) is 5.43. The molecule has 0 spiro atoms. The quantitative estimate of drug-likeness (QED) is 0.657. The monoisotopic (exact) mass is 380 g/mol. The number of benzene rings is 2. The average molecular weight is 381 g/mol. The summed E-state index contributed by atoms with van der Waals surface area (Å²) in [6, 6.07) is 16.6. The summed E-state index contributed by atoms with van der Waals surface area (Å²) in [5.74, 6) is 0.786. The number of carbonyl (C=O) groups excluding carboxylic acids is 1. The minimum absolute atomic E-state index is 0.0254. The Bertz CT molecular complexity index is 760. The molecule has 1 unspecified atom stereocenters. The SMILES string of the molecule is CCC(Oc1ccc2c(c1)CCCC2)C(=O)NCCCN(C)c1ccccc1. The highest BCUT2D eigenvalue weighted by atomic mass is 16.5. The van der Waals surface area contributed by atoms with Crippen LogP contribution in [0.3, 0.4) is 0 Å². The van der Waals surface area contributed by atoms with Gasteiger partial charge in [0.15, 0.2) is 6.10 Å². The fourth-order valence-corrected chi connectivity index (χ4v) is 3.72. The molecule has 0 aromatic heterocycles. The van der Waals surface area contributed by atoms with Crippen LogP contribution in [-0.2, 0) is 17.6 Å². The van der Waals surface area contributed by atoms with Gasteiger partial charge in [-0.15, -0.1) is 0 Å². The van der Waals surface area contributed by atoms with Crippen LogP contribution in [0.4, 0.5) is 5.69 Å². The average Bonchev–Trinajstić information content (AvgIpc) is 2.75. The fraction of sp³-hybridized carbons (Fsp3) is 0.458. The topological polar surface area (TPSA) is 41.6 Å². The van der Waals surface area contributed by atoms with Crippen LogP contribution in [-0.4, -0.2) is 32.1 Å². The molecule has 0 saturated carbocycles. The zero-order valence-electron chi connectivity index (χ0n) is 17.1. The molecule has 0 radical (unpaired) electrons. The lowest BCUT2D eigenvalue weighted by molar-refractivity contribution is -0.128. The minimum atomic E-state index is -0.437. The van der Waals surface area contributed by atoms with E-state index in [4.69, 9.17) is 4.74 Å². The second-order valence-corrected chi connectivity index (χ2v) is 7.55. The molecule has 0 saturated heterocycles. The fourth-order valence-electron chi connectivity index (χ4n) is 3.72. The lowest BCUT2D eigenvalue weighted by Gasteiger charge is -2.21. The van der Waals surface area contributed by atoms with Gasteiger partial charge in [0.05, 0.1) is 0 Å². The van der Waals surface area contributed by atoms with E-state index in [-0.39, 0.29) is 5.91 Å². The molecule has 1 amide bonds. The molecule has 0 fully saturated rings. The lowest BCUT2D eigenvalue weighted by atomic mass is 9.92. The van der Waals surface area contributed by atoms with E-state index in [0.29, 0.717) is 13.0 Å². The number of carbonyl (C=O) groups is 1. The summed E-state index contributed by atoms with van der Waals surface area (Å²) >= 11 is 0. The van der Waals surface area contributed by atoms with E-state index in [2.05, 4.69) is 41.5 Å². The molecule has 0 aliphatic heterocycles. The molecular formula is C24H32N2O2. The molecule has 4 heteroatoms. The molecule has 0 heterocycles. The highest BCUT2D eigenvalue weighted by molar-refractivity contribution is 5.81. The number of ether oxygens (including phenoxy) is 1. The van der Waals surface area contributed by atoms with Gasteiger partial charge in [-0.1, -0.05) is 31.2 Å². The Morgan fingerprint density at radius 2 is 1.86 bits per heavy atom. The molecule has 4 nitrogen and oxygen atoms in total. The number of rotatable bonds is 9. The summed E-state index contributed by atoms with van der Waals surface area (Å²) in [5.41, 5.74) is 4.00. The highest BCUT2D eigenvalue weighted by Crippen LogP contribution is 2.26. The molecule has 1 N–H and O–H groups in total. The molecule has 3 rings (SSSR count). The second kappa shape index (κ2) is 10.2. The zero-order valence-corrected chi connectivity index (χ0v) is 17.1. The Morgan fingerprint density at radius 3 is 2.61 bits per heavy atom. The van der Waals surface area contributed by atoms with Gasteiger partial charge in [0, 0.05) is 25.8 Å². The number of hydrogen-bond donors (Lipinski definition) is 1. The van der Waals surface area contributed by atoms with Gasteiger partial charge < -0.3 is 15.0 Å². The number of aryl methyl sites for hydroxylation is 2. The summed E-state index contributed by atoms with van der Waals surface area (Å²) in [6.45, 7) is 3.54. The Hall–Kier alpha value is -2.49. The maximum Gasteiger partial charge on any atom is 0.261 e. The number of nitrogens with zero attached hydrogens (tertiary/aromatic N) is 1. The number of nitrogens with one attached hydrogen (secondary N) is 1. The van der Waals surface area contributed by atoms with E-state index in [1.54, 1.807) is 0 Å². The zero-order chi connectivity index (χ0) is 19.8. The Morgan fingerprint density at radius 1 is 1.11 bits per heavy atom. The van der Waals surface area contributed by atoms with E-state index in [1.165, 1.54) is 29.7 Å². The number of amides is 1. The molecule has 150 valence electrons. The number of para-hydroxylation sites is 1. The van der Waals surface area contributed by atoms with Gasteiger partial charge in [0.25, 0.3) is 5.91 Å². The van der Waals surface area contributed by atoms with Crippen LogP contribution in [0.2, 0.25) is 0 Å². The minimum Gasteiger partial charge on any atom is -0.481 e. The van der Waals surface area contributed by atoms with Crippen molar-refractivity contribution in [2.75, 3.05) is 25.0 Å². The van der Waals surface area contributed by atoms with Crippen molar-refractivity contribution in [2.45, 2.75) is 51.6 Å². The van der Waals surface area contributed by atoms with Crippen LogP contribution >= 0.6 is 0 Å². The first-order chi connectivity index (χ1) is 13.7. The lowest BCUT2D eigenvalue weighted by Crippen LogP contribution is -2.39. The van der Waals surface area contributed by atoms with Gasteiger partial charge >= 0.3 is 0 Å². The molecule has 2 aromatic rings. The van der Waals surface area contributed by atoms with Gasteiger partial charge in [-0.05, 0) is 73.9 Å². The normalized spacial score (nSPS) is 14.1. The summed E-state index contributed by atoms with van der Waals surface area (Å²) in [6.07, 6.45) is 5.90. The predicted octanol–water partition coefficient (Wildman–Crippen LogP) is 4.37. The molecular weight excluding hydrogens is 348 g/mol. The van der Waals surface area contributed by atoms with Crippen LogP contribution in [0.15, 0.2) is 48.5 Å². The van der Waals surface area contributed by atoms with Crippen molar-refractivity contribution < 1.29 is 9.53 Å². The van der Waals surface area contributed by atoms with Crippen molar-refractivity contribution in [1.29, 1.82) is 0 Å². The first kappa shape index (κ1) is 20.2. The Balaban J connectivity index is 1.44. The van der Waals surface area contributed by atoms with Crippen molar-refractivity contribution in [3.63, 3.8) is 0 Å². The largest absolute Gasteiger partial charge is 0.481 e. The molecule has 0 bridgehead atoms. The first-order valence-corrected chi connectivity index (χ1v) is 10.5. The third-order valence-electron chi connectivity index (χ3n) is 5.43. The summed E-state index contributed by atoms with van der Waals surface area (Å²) in [4.78, 5) is 14.7. The van der Waals surface area contributed by atoms with E-state index in [9.17, 15) is 4.79 Å². The van der Waals surface area contributed by atoms with Crippen LogP contribution in [0, 0.1) is 0 Å². The van der Waals surface area contributed by atoms with Gasteiger partial charge in [-0.2, -0.15) is 0 Å². The van der Waals surface area contributed by atoms with Crippen molar-refractivity contribution in [3.8, 4) is 5.75 Å². The molecule has 28 heavy (non-hydrogen) atoms. The summed E-state index contributed by atoms with van der Waals surface area (Å²) in [5, 5.41) is 3.03. The van der Waals surface area contributed by atoms with Crippen LogP contribution < -0.4 is 15.0 Å². The maximum absolute atomic E-state index is 12.5. The third kappa shape index (κ3) is 5.51. The van der Waals surface area contributed by atoms with Crippen molar-refractivity contribution in [3.05, 3.63) is 59.7 Å². The molecule has 1 aliphatic rings. The number of anilines is 1. The van der Waals surface area contributed by atoms with Gasteiger partial charge in [0.2, 0.25) is 0 Å². The van der Waals surface area contributed by atoms with Crippen LogP contribution in [0.25, 0.3) is 0 Å².